The highest BCUT2D eigenvalue weighted by Crippen LogP contribution is 2.39. The van der Waals surface area contributed by atoms with E-state index in [1.807, 2.05) is 0 Å². The van der Waals surface area contributed by atoms with Crippen molar-refractivity contribution in [3.05, 3.63) is 0 Å². The van der Waals surface area contributed by atoms with Gasteiger partial charge >= 0.3 is 6.09 Å². The number of methoxy groups -OCH3 is 1. The van der Waals surface area contributed by atoms with Gasteiger partial charge in [0.25, 0.3) is 0 Å². The largest absolute Gasteiger partial charge is 0.453 e. The van der Waals surface area contributed by atoms with Gasteiger partial charge in [-0.1, -0.05) is 19.3 Å². The molecule has 86 valence electrons. The Morgan fingerprint density at radius 1 is 1.53 bits per heavy atom. The Kier molecular flexibility index (Phi) is 3.14. The Morgan fingerprint density at radius 2 is 2.27 bits per heavy atom. The average molecular weight is 213 g/mol. The van der Waals surface area contributed by atoms with E-state index in [1.54, 1.807) is 4.90 Å². The highest BCUT2D eigenvalue weighted by molar-refractivity contribution is 5.68. The van der Waals surface area contributed by atoms with Crippen molar-refractivity contribution in [2.45, 2.75) is 31.7 Å². The van der Waals surface area contributed by atoms with E-state index in [2.05, 4.69) is 0 Å². The summed E-state index contributed by atoms with van der Waals surface area (Å²) in [5.74, 6) is 0.888. The maximum atomic E-state index is 11.4. The van der Waals surface area contributed by atoms with E-state index >= 15 is 0 Å². The van der Waals surface area contributed by atoms with E-state index in [1.165, 1.54) is 26.4 Å². The molecule has 2 rings (SSSR count). The minimum atomic E-state index is -0.246. The fraction of sp³-hybridized carbons (Fsp3) is 0.909. The maximum Gasteiger partial charge on any atom is 0.409 e. The van der Waals surface area contributed by atoms with Crippen molar-refractivity contribution in [3.63, 3.8) is 0 Å². The predicted octanol–water partition coefficient (Wildman–Crippen LogP) is 1.24. The smallest absolute Gasteiger partial charge is 0.409 e. The van der Waals surface area contributed by atoms with Gasteiger partial charge in [0, 0.05) is 25.1 Å². The van der Waals surface area contributed by atoms with Crippen molar-refractivity contribution in [2.75, 3.05) is 20.3 Å². The van der Waals surface area contributed by atoms with E-state index in [0.29, 0.717) is 5.92 Å². The lowest BCUT2D eigenvalue weighted by Crippen LogP contribution is -2.57. The molecule has 2 atom stereocenters. The van der Waals surface area contributed by atoms with Gasteiger partial charge in [0.1, 0.15) is 0 Å². The molecule has 1 aliphatic carbocycles. The molecule has 1 N–H and O–H groups in total. The van der Waals surface area contributed by atoms with Crippen LogP contribution in [0.15, 0.2) is 0 Å². The van der Waals surface area contributed by atoms with Gasteiger partial charge in [-0.2, -0.15) is 0 Å². The Labute approximate surface area is 90.2 Å². The van der Waals surface area contributed by atoms with Crippen molar-refractivity contribution in [2.24, 2.45) is 11.8 Å². The van der Waals surface area contributed by atoms with E-state index < -0.39 is 0 Å². The number of aliphatic hydroxyl groups excluding tert-OH is 1. The molecule has 1 aliphatic heterocycles. The predicted molar refractivity (Wildman–Crippen MR) is 55.4 cm³/mol. The van der Waals surface area contributed by atoms with Crippen LogP contribution in [0, 0.1) is 11.8 Å². The number of hydrogen-bond acceptors (Lipinski definition) is 3. The zero-order chi connectivity index (χ0) is 10.8. The molecule has 2 unspecified atom stereocenters. The lowest BCUT2D eigenvalue weighted by atomic mass is 9.70. The third kappa shape index (κ3) is 1.83. The molecule has 4 heteroatoms. The topological polar surface area (TPSA) is 49.8 Å². The zero-order valence-electron chi connectivity index (χ0n) is 9.19. The fourth-order valence-electron chi connectivity index (χ4n) is 2.65. The second-order valence-electron chi connectivity index (χ2n) is 4.56. The number of carbonyl (C=O) groups is 1. The summed E-state index contributed by atoms with van der Waals surface area (Å²) in [5, 5.41) is 9.39. The highest BCUT2D eigenvalue weighted by atomic mass is 16.5. The van der Waals surface area contributed by atoms with Crippen LogP contribution in [0.2, 0.25) is 0 Å². The standard InChI is InChI=1S/C11H19NO3/c1-15-11(14)12-6-5-10(12)9(7-13)8-3-2-4-8/h8-10,13H,2-7H2,1H3. The van der Waals surface area contributed by atoms with Crippen molar-refractivity contribution < 1.29 is 14.6 Å². The van der Waals surface area contributed by atoms with Crippen LogP contribution < -0.4 is 0 Å². The number of ether oxygens (including phenoxy) is 1. The summed E-state index contributed by atoms with van der Waals surface area (Å²) in [7, 11) is 1.41. The molecule has 15 heavy (non-hydrogen) atoms. The van der Waals surface area contributed by atoms with Gasteiger partial charge < -0.3 is 14.7 Å². The molecule has 1 heterocycles. The molecule has 1 saturated heterocycles. The quantitative estimate of drug-likeness (QED) is 0.767. The van der Waals surface area contributed by atoms with Crippen LogP contribution in [0.3, 0.4) is 0 Å². The Balaban J connectivity index is 1.93. The van der Waals surface area contributed by atoms with Gasteiger partial charge in [0.2, 0.25) is 0 Å². The van der Waals surface area contributed by atoms with Crippen LogP contribution in [0.5, 0.6) is 0 Å². The normalized spacial score (nSPS) is 27.9. The maximum absolute atomic E-state index is 11.4. The summed E-state index contributed by atoms with van der Waals surface area (Å²) in [4.78, 5) is 13.1. The SMILES string of the molecule is COC(=O)N1CCC1C(CO)C1CCC1. The minimum Gasteiger partial charge on any atom is -0.453 e. The third-order valence-corrected chi connectivity index (χ3v) is 3.94. The first-order chi connectivity index (χ1) is 7.27. The molecule has 1 saturated carbocycles. The van der Waals surface area contributed by atoms with Gasteiger partial charge in [0.15, 0.2) is 0 Å². The average Bonchev–Trinajstić information content (AvgIpc) is 2.11. The number of hydrogen-bond donors (Lipinski definition) is 1. The summed E-state index contributed by atoms with van der Waals surface area (Å²) in [5.41, 5.74) is 0. The van der Waals surface area contributed by atoms with Gasteiger partial charge in [-0.3, -0.25) is 0 Å². The van der Waals surface area contributed by atoms with Gasteiger partial charge in [-0.05, 0) is 12.3 Å². The summed E-state index contributed by atoms with van der Waals surface area (Å²) in [6.45, 7) is 0.976. The molecule has 0 aromatic heterocycles. The monoisotopic (exact) mass is 213 g/mol. The van der Waals surface area contributed by atoms with Gasteiger partial charge in [-0.25, -0.2) is 4.79 Å². The van der Waals surface area contributed by atoms with E-state index in [-0.39, 0.29) is 24.7 Å². The number of aliphatic hydroxyl groups is 1. The van der Waals surface area contributed by atoms with Crippen LogP contribution in [0.4, 0.5) is 4.79 Å². The molecule has 2 aliphatic rings. The molecule has 2 fully saturated rings. The molecule has 0 bridgehead atoms. The van der Waals surface area contributed by atoms with Crippen LogP contribution in [0.25, 0.3) is 0 Å². The Hall–Kier alpha value is -0.770. The van der Waals surface area contributed by atoms with Crippen molar-refractivity contribution in [1.29, 1.82) is 0 Å². The minimum absolute atomic E-state index is 0.197. The van der Waals surface area contributed by atoms with Crippen LogP contribution in [0.1, 0.15) is 25.7 Å². The summed E-state index contributed by atoms with van der Waals surface area (Å²) in [6, 6.07) is 0.216. The zero-order valence-corrected chi connectivity index (χ0v) is 9.19. The van der Waals surface area contributed by atoms with E-state index in [4.69, 9.17) is 4.74 Å². The van der Waals surface area contributed by atoms with E-state index in [9.17, 15) is 9.90 Å². The van der Waals surface area contributed by atoms with Crippen LogP contribution >= 0.6 is 0 Å². The molecule has 0 radical (unpaired) electrons. The highest BCUT2D eigenvalue weighted by Gasteiger charge is 2.42. The molecule has 0 aromatic carbocycles. The molecule has 0 spiro atoms. The number of nitrogens with zero attached hydrogens (tertiary/aromatic N) is 1. The first-order valence-corrected chi connectivity index (χ1v) is 5.73. The summed E-state index contributed by atoms with van der Waals surface area (Å²) >= 11 is 0. The van der Waals surface area contributed by atoms with Crippen molar-refractivity contribution >= 4 is 6.09 Å². The second kappa shape index (κ2) is 4.39. The molecular weight excluding hydrogens is 194 g/mol. The molecule has 1 amide bonds. The number of rotatable bonds is 3. The number of amides is 1. The first-order valence-electron chi connectivity index (χ1n) is 5.73. The number of likely N-dealkylation sites (tertiary alicyclic amines) is 1. The Morgan fingerprint density at radius 3 is 2.60 bits per heavy atom. The van der Waals surface area contributed by atoms with Crippen LogP contribution in [-0.4, -0.2) is 42.4 Å². The molecular formula is C11H19NO3. The fourth-order valence-corrected chi connectivity index (χ4v) is 2.65. The summed E-state index contributed by atoms with van der Waals surface area (Å²) < 4.78 is 4.72. The lowest BCUT2D eigenvalue weighted by Gasteiger charge is -2.48. The lowest BCUT2D eigenvalue weighted by molar-refractivity contribution is -0.0158. The van der Waals surface area contributed by atoms with Crippen LogP contribution in [-0.2, 0) is 4.74 Å². The second-order valence-corrected chi connectivity index (χ2v) is 4.56. The van der Waals surface area contributed by atoms with Crippen molar-refractivity contribution in [3.8, 4) is 0 Å². The Bertz CT molecular complexity index is 240. The van der Waals surface area contributed by atoms with Gasteiger partial charge in [-0.15, -0.1) is 0 Å². The number of carbonyl (C=O) groups excluding carboxylic acids is 1. The van der Waals surface area contributed by atoms with Gasteiger partial charge in [0.05, 0.1) is 7.11 Å². The molecule has 4 nitrogen and oxygen atoms in total. The molecule has 0 aromatic rings. The third-order valence-electron chi connectivity index (χ3n) is 3.94. The van der Waals surface area contributed by atoms with E-state index in [0.717, 1.165) is 13.0 Å². The summed E-state index contributed by atoms with van der Waals surface area (Å²) in [6.07, 6.45) is 4.44. The first kappa shape index (κ1) is 10.7. The van der Waals surface area contributed by atoms with Crippen molar-refractivity contribution in [1.82, 2.24) is 4.90 Å².